The Bertz CT molecular complexity index is 1640. The van der Waals surface area contributed by atoms with E-state index >= 15 is 0 Å². The number of halogens is 2. The number of nitrogen functional groups attached to an aromatic ring is 1. The van der Waals surface area contributed by atoms with Crippen molar-refractivity contribution in [2.24, 2.45) is 0 Å². The number of hydrogen-bond acceptors (Lipinski definition) is 9. The molecule has 3 heterocycles. The predicted octanol–water partition coefficient (Wildman–Crippen LogP) is 3.99. The second-order valence-corrected chi connectivity index (χ2v) is 10.6. The summed E-state index contributed by atoms with van der Waals surface area (Å²) < 4.78 is 41.1. The molecular weight excluding hydrogens is 519 g/mol. The van der Waals surface area contributed by atoms with Crippen LogP contribution in [0.4, 0.5) is 27.3 Å². The monoisotopic (exact) mass is 540 g/mol. The number of hydrogen-bond donors (Lipinski definition) is 3. The van der Waals surface area contributed by atoms with Gasteiger partial charge in [-0.05, 0) is 50.5 Å². The first-order chi connectivity index (χ1) is 17.6. The van der Waals surface area contributed by atoms with Gasteiger partial charge >= 0.3 is 0 Å². The van der Waals surface area contributed by atoms with E-state index in [0.717, 1.165) is 0 Å². The highest BCUT2D eigenvalue weighted by Crippen LogP contribution is 2.32. The van der Waals surface area contributed by atoms with Crippen LogP contribution in [-0.2, 0) is 10.0 Å². The zero-order valence-electron chi connectivity index (χ0n) is 19.8. The van der Waals surface area contributed by atoms with E-state index in [1.165, 1.54) is 36.7 Å². The van der Waals surface area contributed by atoms with E-state index in [1.807, 2.05) is 0 Å². The van der Waals surface area contributed by atoms with Crippen LogP contribution in [0.5, 0.6) is 0 Å². The van der Waals surface area contributed by atoms with Crippen molar-refractivity contribution in [1.29, 1.82) is 5.26 Å². The van der Waals surface area contributed by atoms with E-state index in [-0.39, 0.29) is 27.8 Å². The molecule has 13 heteroatoms. The lowest BCUT2D eigenvalue weighted by molar-refractivity contribution is 0.432. The van der Waals surface area contributed by atoms with Crippen LogP contribution in [-0.4, -0.2) is 54.7 Å². The van der Waals surface area contributed by atoms with E-state index in [4.69, 9.17) is 17.3 Å². The molecule has 4 N–H and O–H groups in total. The van der Waals surface area contributed by atoms with E-state index in [1.54, 1.807) is 31.1 Å². The molecule has 0 saturated carbocycles. The Labute approximate surface area is 218 Å². The minimum absolute atomic E-state index is 0.0157. The number of aromatic nitrogens is 3. The van der Waals surface area contributed by atoms with Crippen molar-refractivity contribution in [3.05, 3.63) is 65.2 Å². The summed E-state index contributed by atoms with van der Waals surface area (Å²) in [5, 5.41) is 12.7. The first kappa shape index (κ1) is 26.0. The van der Waals surface area contributed by atoms with Crippen LogP contribution in [0.15, 0.2) is 48.8 Å². The summed E-state index contributed by atoms with van der Waals surface area (Å²) in [5.74, 6) is -0.679. The summed E-state index contributed by atoms with van der Waals surface area (Å²) in [6, 6.07) is 11.1. The third kappa shape index (κ3) is 6.03. The molecule has 1 aromatic carbocycles. The highest BCUT2D eigenvalue weighted by atomic mass is 35.5. The molecule has 0 bridgehead atoms. The standard InChI is InChI=1S/C24H22ClFN8O2S/c1-34(2)7-8-37(35,36)33-21-9-14(12-30-24(21)28)19-5-6-20-23(32-19)22(15(11-27)13-29-20)31-16-3-4-18(26)17(25)10-16/h3-6,9-10,12-13,33H,7-8H2,1-2H3,(H2,28,30)(H,29,31). The topological polar surface area (TPSA) is 150 Å². The molecule has 0 saturated heterocycles. The molecule has 0 spiro atoms. The molecule has 0 atom stereocenters. The van der Waals surface area contributed by atoms with Gasteiger partial charge in [-0.25, -0.2) is 22.8 Å². The van der Waals surface area contributed by atoms with Gasteiger partial charge < -0.3 is 16.0 Å². The SMILES string of the molecule is CN(C)CCS(=O)(=O)Nc1cc(-c2ccc3ncc(C#N)c(Nc4ccc(F)c(Cl)c4)c3n2)cnc1N. The van der Waals surface area contributed by atoms with Crippen molar-refractivity contribution in [1.82, 2.24) is 19.9 Å². The summed E-state index contributed by atoms with van der Waals surface area (Å²) in [6.45, 7) is 0.331. The number of rotatable bonds is 8. The average molecular weight is 541 g/mol. The van der Waals surface area contributed by atoms with Crippen LogP contribution < -0.4 is 15.8 Å². The number of benzene rings is 1. The number of fused-ring (bicyclic) bond motifs is 1. The summed E-state index contributed by atoms with van der Waals surface area (Å²) in [7, 11) is -0.117. The Morgan fingerprint density at radius 2 is 1.95 bits per heavy atom. The smallest absolute Gasteiger partial charge is 0.234 e. The molecule has 0 unspecified atom stereocenters. The molecule has 0 fully saturated rings. The first-order valence-electron chi connectivity index (χ1n) is 10.9. The van der Waals surface area contributed by atoms with Gasteiger partial charge in [-0.2, -0.15) is 5.26 Å². The zero-order chi connectivity index (χ0) is 26.7. The maximum absolute atomic E-state index is 13.6. The maximum atomic E-state index is 13.6. The van der Waals surface area contributed by atoms with Crippen LogP contribution in [0.1, 0.15) is 5.56 Å². The van der Waals surface area contributed by atoms with Crippen molar-refractivity contribution < 1.29 is 12.8 Å². The fourth-order valence-electron chi connectivity index (χ4n) is 3.37. The number of nitrogens with zero attached hydrogens (tertiary/aromatic N) is 5. The zero-order valence-corrected chi connectivity index (χ0v) is 21.4. The summed E-state index contributed by atoms with van der Waals surface area (Å²) >= 11 is 5.91. The molecule has 37 heavy (non-hydrogen) atoms. The van der Waals surface area contributed by atoms with Gasteiger partial charge in [-0.15, -0.1) is 0 Å². The van der Waals surface area contributed by atoms with Crippen molar-refractivity contribution in [3.8, 4) is 17.3 Å². The molecule has 0 aliphatic heterocycles. The molecule has 190 valence electrons. The number of nitrogens with two attached hydrogens (primary N) is 1. The number of nitriles is 1. The minimum Gasteiger partial charge on any atom is -0.382 e. The highest BCUT2D eigenvalue weighted by Gasteiger charge is 2.17. The molecule has 0 aliphatic rings. The van der Waals surface area contributed by atoms with E-state index in [0.29, 0.717) is 40.2 Å². The van der Waals surface area contributed by atoms with Crippen LogP contribution in [0.25, 0.3) is 22.3 Å². The van der Waals surface area contributed by atoms with Crippen molar-refractivity contribution >= 4 is 55.5 Å². The van der Waals surface area contributed by atoms with Crippen LogP contribution >= 0.6 is 11.6 Å². The van der Waals surface area contributed by atoms with Gasteiger partial charge in [-0.1, -0.05) is 11.6 Å². The third-order valence-electron chi connectivity index (χ3n) is 5.31. The van der Waals surface area contributed by atoms with E-state index in [2.05, 4.69) is 31.1 Å². The number of pyridine rings is 3. The van der Waals surface area contributed by atoms with Gasteiger partial charge in [0.25, 0.3) is 0 Å². The van der Waals surface area contributed by atoms with Crippen molar-refractivity contribution in [2.75, 3.05) is 42.2 Å². The Morgan fingerprint density at radius 1 is 1.16 bits per heavy atom. The lowest BCUT2D eigenvalue weighted by Crippen LogP contribution is -2.26. The molecule has 0 aliphatic carbocycles. The second-order valence-electron chi connectivity index (χ2n) is 8.36. The van der Waals surface area contributed by atoms with Gasteiger partial charge in [0.1, 0.15) is 23.2 Å². The van der Waals surface area contributed by atoms with Crippen LogP contribution in [0, 0.1) is 17.1 Å². The summed E-state index contributed by atoms with van der Waals surface area (Å²) in [4.78, 5) is 14.8. The number of nitrogens with one attached hydrogen (secondary N) is 2. The largest absolute Gasteiger partial charge is 0.382 e. The predicted molar refractivity (Wildman–Crippen MR) is 143 cm³/mol. The molecule has 3 aromatic heterocycles. The fraction of sp³-hybridized carbons (Fsp3) is 0.167. The molecule has 0 radical (unpaired) electrons. The molecule has 4 rings (SSSR count). The van der Waals surface area contributed by atoms with Crippen LogP contribution in [0.3, 0.4) is 0 Å². The van der Waals surface area contributed by atoms with Crippen LogP contribution in [0.2, 0.25) is 5.02 Å². The van der Waals surface area contributed by atoms with Gasteiger partial charge in [0.05, 0.1) is 38.9 Å². The maximum Gasteiger partial charge on any atom is 0.234 e. The molecular formula is C24H22ClFN8O2S. The molecule has 4 aromatic rings. The Hall–Kier alpha value is -4.05. The van der Waals surface area contributed by atoms with Crippen molar-refractivity contribution in [3.63, 3.8) is 0 Å². The third-order valence-corrected chi connectivity index (χ3v) is 6.85. The van der Waals surface area contributed by atoms with Gasteiger partial charge in [0.15, 0.2) is 0 Å². The highest BCUT2D eigenvalue weighted by molar-refractivity contribution is 7.92. The average Bonchev–Trinajstić information content (AvgIpc) is 2.86. The van der Waals surface area contributed by atoms with Gasteiger partial charge in [0.2, 0.25) is 10.0 Å². The van der Waals surface area contributed by atoms with Crippen molar-refractivity contribution in [2.45, 2.75) is 0 Å². The second kappa shape index (κ2) is 10.5. The van der Waals surface area contributed by atoms with Gasteiger partial charge in [-0.3, -0.25) is 9.71 Å². The number of anilines is 4. The quantitative estimate of drug-likeness (QED) is 0.301. The fourth-order valence-corrected chi connectivity index (χ4v) is 4.76. The Kier molecular flexibility index (Phi) is 7.40. The van der Waals surface area contributed by atoms with Gasteiger partial charge in [0, 0.05) is 30.2 Å². The summed E-state index contributed by atoms with van der Waals surface area (Å²) in [5.41, 5.74) is 8.85. The summed E-state index contributed by atoms with van der Waals surface area (Å²) in [6.07, 6.45) is 2.87. The number of sulfonamides is 1. The lowest BCUT2D eigenvalue weighted by atomic mass is 10.1. The van der Waals surface area contributed by atoms with E-state index in [9.17, 15) is 18.1 Å². The Balaban J connectivity index is 1.75. The lowest BCUT2D eigenvalue weighted by Gasteiger charge is -2.14. The Morgan fingerprint density at radius 3 is 2.65 bits per heavy atom. The first-order valence-corrected chi connectivity index (χ1v) is 12.9. The molecule has 10 nitrogen and oxygen atoms in total. The molecule has 0 amide bonds. The normalized spacial score (nSPS) is 11.5. The minimum atomic E-state index is -3.67. The van der Waals surface area contributed by atoms with E-state index < -0.39 is 15.8 Å².